The monoisotopic (exact) mass is 309 g/mol. The lowest BCUT2D eigenvalue weighted by Gasteiger charge is -2.38. The topological polar surface area (TPSA) is 21.3 Å². The highest BCUT2D eigenvalue weighted by molar-refractivity contribution is 5.67. The number of fused-ring (bicyclic) bond motifs is 3. The zero-order valence-electron chi connectivity index (χ0n) is 13.1. The van der Waals surface area contributed by atoms with E-state index in [1.54, 1.807) is 12.1 Å². The molecule has 0 spiro atoms. The molecule has 0 unspecified atom stereocenters. The molecule has 0 radical (unpaired) electrons. The Morgan fingerprint density at radius 2 is 1.96 bits per heavy atom. The Balaban J connectivity index is 1.82. The van der Waals surface area contributed by atoms with Crippen molar-refractivity contribution in [1.82, 2.24) is 0 Å². The summed E-state index contributed by atoms with van der Waals surface area (Å²) in [6.07, 6.45) is 5.44. The van der Waals surface area contributed by atoms with Crippen LogP contribution in [-0.2, 0) is 0 Å². The third-order valence-electron chi connectivity index (χ3n) is 4.90. The predicted octanol–water partition coefficient (Wildman–Crippen LogP) is 5.05. The SMILES string of the molecule is CCOc1cccc2c1N[C@H](c1ccccc1F)[C@@H]1CC=C[C@@H]21. The molecule has 2 nitrogen and oxygen atoms in total. The molecule has 23 heavy (non-hydrogen) atoms. The van der Waals surface area contributed by atoms with Gasteiger partial charge in [-0.15, -0.1) is 0 Å². The maximum absolute atomic E-state index is 14.4. The van der Waals surface area contributed by atoms with E-state index < -0.39 is 0 Å². The summed E-state index contributed by atoms with van der Waals surface area (Å²) in [5, 5.41) is 3.57. The third-order valence-corrected chi connectivity index (χ3v) is 4.90. The summed E-state index contributed by atoms with van der Waals surface area (Å²) >= 11 is 0. The minimum absolute atomic E-state index is 0.0368. The average molecular weight is 309 g/mol. The lowest BCUT2D eigenvalue weighted by molar-refractivity contribution is 0.336. The summed E-state index contributed by atoms with van der Waals surface area (Å²) in [4.78, 5) is 0. The summed E-state index contributed by atoms with van der Waals surface area (Å²) in [6.45, 7) is 2.60. The first-order valence-electron chi connectivity index (χ1n) is 8.23. The number of ether oxygens (including phenoxy) is 1. The minimum Gasteiger partial charge on any atom is -0.492 e. The molecule has 4 rings (SSSR count). The van der Waals surface area contributed by atoms with E-state index in [9.17, 15) is 4.39 Å². The van der Waals surface area contributed by atoms with Gasteiger partial charge >= 0.3 is 0 Å². The largest absolute Gasteiger partial charge is 0.492 e. The molecule has 1 aliphatic heterocycles. The molecular weight excluding hydrogens is 289 g/mol. The molecule has 0 saturated heterocycles. The van der Waals surface area contributed by atoms with Crippen LogP contribution in [0.2, 0.25) is 0 Å². The Bertz CT molecular complexity index is 755. The zero-order chi connectivity index (χ0) is 15.8. The first-order chi connectivity index (χ1) is 11.3. The van der Waals surface area contributed by atoms with E-state index in [-0.39, 0.29) is 11.9 Å². The number of hydrogen-bond donors (Lipinski definition) is 1. The summed E-state index contributed by atoms with van der Waals surface area (Å²) < 4.78 is 20.2. The molecule has 2 aromatic carbocycles. The second-order valence-electron chi connectivity index (χ2n) is 6.15. The lowest BCUT2D eigenvalue weighted by Crippen LogP contribution is -2.30. The number of benzene rings is 2. The Morgan fingerprint density at radius 3 is 2.78 bits per heavy atom. The first kappa shape index (κ1) is 14.3. The van der Waals surface area contributed by atoms with Gasteiger partial charge in [0.1, 0.15) is 11.6 Å². The van der Waals surface area contributed by atoms with Crippen molar-refractivity contribution in [2.45, 2.75) is 25.3 Å². The van der Waals surface area contributed by atoms with Crippen molar-refractivity contribution < 1.29 is 9.13 Å². The number of rotatable bonds is 3. The van der Waals surface area contributed by atoms with Crippen molar-refractivity contribution in [3.63, 3.8) is 0 Å². The molecule has 0 amide bonds. The van der Waals surface area contributed by atoms with Crippen LogP contribution in [0.5, 0.6) is 5.75 Å². The molecule has 0 bridgehead atoms. The predicted molar refractivity (Wildman–Crippen MR) is 90.4 cm³/mol. The fraction of sp³-hybridized carbons (Fsp3) is 0.300. The first-order valence-corrected chi connectivity index (χ1v) is 8.23. The van der Waals surface area contributed by atoms with Crippen molar-refractivity contribution in [3.05, 3.63) is 71.6 Å². The number of halogens is 1. The van der Waals surface area contributed by atoms with Gasteiger partial charge in [-0.2, -0.15) is 0 Å². The van der Waals surface area contributed by atoms with Gasteiger partial charge in [0.15, 0.2) is 0 Å². The van der Waals surface area contributed by atoms with E-state index in [2.05, 4.69) is 23.5 Å². The van der Waals surface area contributed by atoms with Gasteiger partial charge in [-0.1, -0.05) is 42.5 Å². The number of allylic oxidation sites excluding steroid dienone is 2. The van der Waals surface area contributed by atoms with Gasteiger partial charge in [0, 0.05) is 11.5 Å². The number of anilines is 1. The maximum atomic E-state index is 14.4. The van der Waals surface area contributed by atoms with Crippen LogP contribution < -0.4 is 10.1 Å². The van der Waals surface area contributed by atoms with Crippen LogP contribution in [0.3, 0.4) is 0 Å². The van der Waals surface area contributed by atoms with Crippen molar-refractivity contribution >= 4 is 5.69 Å². The van der Waals surface area contributed by atoms with Crippen LogP contribution in [0.4, 0.5) is 10.1 Å². The van der Waals surface area contributed by atoms with E-state index in [1.165, 1.54) is 5.56 Å². The molecule has 0 saturated carbocycles. The molecule has 1 N–H and O–H groups in total. The van der Waals surface area contributed by atoms with Crippen LogP contribution in [0.1, 0.15) is 36.4 Å². The summed E-state index contributed by atoms with van der Waals surface area (Å²) in [7, 11) is 0. The maximum Gasteiger partial charge on any atom is 0.142 e. The molecule has 3 atom stereocenters. The summed E-state index contributed by atoms with van der Waals surface area (Å²) in [5.41, 5.74) is 3.00. The fourth-order valence-electron chi connectivity index (χ4n) is 3.90. The summed E-state index contributed by atoms with van der Waals surface area (Å²) in [6, 6.07) is 13.2. The second-order valence-corrected chi connectivity index (χ2v) is 6.15. The highest BCUT2D eigenvalue weighted by Gasteiger charge is 2.39. The smallest absolute Gasteiger partial charge is 0.142 e. The van der Waals surface area contributed by atoms with E-state index >= 15 is 0 Å². The average Bonchev–Trinajstić information content (AvgIpc) is 3.05. The minimum atomic E-state index is -0.145. The molecule has 3 heteroatoms. The van der Waals surface area contributed by atoms with E-state index in [4.69, 9.17) is 4.74 Å². The van der Waals surface area contributed by atoms with Crippen molar-refractivity contribution in [2.75, 3.05) is 11.9 Å². The molecule has 1 heterocycles. The molecule has 2 aromatic rings. The number of nitrogens with one attached hydrogen (secondary N) is 1. The van der Waals surface area contributed by atoms with Crippen LogP contribution in [0, 0.1) is 11.7 Å². The standard InChI is InChI=1S/C20H20FNO/c1-2-23-18-12-6-10-15-13-8-5-9-14(13)19(22-20(15)18)16-7-3-4-11-17(16)21/h3-8,10-14,19,22H,2,9H2,1H3/t13-,14-,19+/m1/s1. The van der Waals surface area contributed by atoms with E-state index in [0.717, 1.165) is 23.4 Å². The van der Waals surface area contributed by atoms with Gasteiger partial charge in [0.25, 0.3) is 0 Å². The third kappa shape index (κ3) is 2.31. The molecule has 1 aliphatic carbocycles. The molecule has 118 valence electrons. The van der Waals surface area contributed by atoms with Crippen molar-refractivity contribution in [1.29, 1.82) is 0 Å². The highest BCUT2D eigenvalue weighted by Crippen LogP contribution is 2.52. The lowest BCUT2D eigenvalue weighted by atomic mass is 9.77. The Hall–Kier alpha value is -2.29. The summed E-state index contributed by atoms with van der Waals surface area (Å²) in [5.74, 6) is 1.37. The van der Waals surface area contributed by atoms with Crippen LogP contribution in [0.25, 0.3) is 0 Å². The quantitative estimate of drug-likeness (QED) is 0.801. The van der Waals surface area contributed by atoms with Gasteiger partial charge < -0.3 is 10.1 Å². The Labute approximate surface area is 136 Å². The highest BCUT2D eigenvalue weighted by atomic mass is 19.1. The van der Waals surface area contributed by atoms with Gasteiger partial charge in [-0.05, 0) is 37.0 Å². The molecular formula is C20H20FNO. The van der Waals surface area contributed by atoms with Gasteiger partial charge in [0.2, 0.25) is 0 Å². The Morgan fingerprint density at radius 1 is 1.13 bits per heavy atom. The normalized spacial score (nSPS) is 24.7. The number of para-hydroxylation sites is 1. The van der Waals surface area contributed by atoms with Crippen LogP contribution in [0.15, 0.2) is 54.6 Å². The van der Waals surface area contributed by atoms with Gasteiger partial charge in [-0.3, -0.25) is 0 Å². The fourth-order valence-corrected chi connectivity index (χ4v) is 3.90. The second kappa shape index (κ2) is 5.73. The molecule has 0 fully saturated rings. The molecule has 0 aromatic heterocycles. The number of hydrogen-bond acceptors (Lipinski definition) is 2. The van der Waals surface area contributed by atoms with Crippen molar-refractivity contribution in [3.8, 4) is 5.75 Å². The van der Waals surface area contributed by atoms with Crippen LogP contribution in [-0.4, -0.2) is 6.61 Å². The van der Waals surface area contributed by atoms with Crippen LogP contribution >= 0.6 is 0 Å². The van der Waals surface area contributed by atoms with Gasteiger partial charge in [0.05, 0.1) is 18.3 Å². The Kier molecular flexibility index (Phi) is 3.56. The zero-order valence-corrected chi connectivity index (χ0v) is 13.1. The van der Waals surface area contributed by atoms with E-state index in [0.29, 0.717) is 18.4 Å². The van der Waals surface area contributed by atoms with Gasteiger partial charge in [-0.25, -0.2) is 4.39 Å². The van der Waals surface area contributed by atoms with E-state index in [1.807, 2.05) is 31.2 Å². The van der Waals surface area contributed by atoms with Crippen molar-refractivity contribution in [2.24, 2.45) is 5.92 Å². The molecule has 2 aliphatic rings.